The lowest BCUT2D eigenvalue weighted by Crippen LogP contribution is -2.61. The van der Waals surface area contributed by atoms with E-state index in [1.165, 1.54) is 23.6 Å². The molecule has 4 saturated heterocycles. The molecule has 0 aliphatic carbocycles. The smallest absolute Gasteiger partial charge is 0.186 e. The first-order chi connectivity index (χ1) is 45.2. The van der Waals surface area contributed by atoms with Crippen LogP contribution >= 0.6 is 34.0 Å². The van der Waals surface area contributed by atoms with Gasteiger partial charge in [-0.3, -0.25) is 29.6 Å². The van der Waals surface area contributed by atoms with E-state index >= 15 is 0 Å². The van der Waals surface area contributed by atoms with Crippen molar-refractivity contribution in [3.8, 4) is 33.9 Å². The number of anilines is 3. The second-order valence-corrected chi connectivity index (χ2v) is 34.2. The topological polar surface area (TPSA) is 188 Å². The van der Waals surface area contributed by atoms with Gasteiger partial charge in [-0.25, -0.2) is 24.3 Å². The third-order valence-corrected chi connectivity index (χ3v) is 23.4. The molecule has 0 spiro atoms. The number of piperidine rings is 3. The zero-order chi connectivity index (χ0) is 67.9. The van der Waals surface area contributed by atoms with E-state index in [1.54, 1.807) is 51.9 Å². The van der Waals surface area contributed by atoms with Crippen LogP contribution in [0.2, 0.25) is 0 Å². The third-order valence-electron chi connectivity index (χ3n) is 20.0. The summed E-state index contributed by atoms with van der Waals surface area (Å²) in [6.45, 7) is 31.1. The van der Waals surface area contributed by atoms with Crippen molar-refractivity contribution in [3.63, 3.8) is 0 Å². The summed E-state index contributed by atoms with van der Waals surface area (Å²) in [4.78, 5) is 49.7. The number of hydrogen-bond donors (Lipinski definition) is 3. The van der Waals surface area contributed by atoms with Gasteiger partial charge in [0.25, 0.3) is 0 Å². The summed E-state index contributed by atoms with van der Waals surface area (Å²) in [7, 11) is 8.33. The van der Waals surface area contributed by atoms with Crippen molar-refractivity contribution < 1.29 is 4.39 Å². The number of hydrogen-bond acceptors (Lipinski definition) is 19. The van der Waals surface area contributed by atoms with Gasteiger partial charge < -0.3 is 39.5 Å². The van der Waals surface area contributed by atoms with Crippen molar-refractivity contribution >= 4 is 102 Å². The van der Waals surface area contributed by atoms with Crippen LogP contribution in [0.1, 0.15) is 143 Å². The molecule has 19 nitrogen and oxygen atoms in total. The molecule has 2 atom stereocenters. The Labute approximate surface area is 573 Å². The number of halogens is 1. The molecule has 2 unspecified atom stereocenters. The maximum absolute atomic E-state index is 14.6. The third kappa shape index (κ3) is 13.2. The SMILES string of the molecule is CN(c1nc2cnc(-c3cc(F)c4nn(C)cc4c3)cc2s1)C1CC2(C)CCC(C)(C1)N2.Cc1cn2cc(-c3cc4sc(N(C)C5CC(C)(C)NC(C)(C)C5)nc4cn3)cc2c(C)n1.Cc1cn2cc(-c3cc4sc(N(C)C5CC(C)(C)NC(C)(C)C5)nc4cn3)nc2c(C)n1. The number of imidazole rings is 1. The van der Waals surface area contributed by atoms with Gasteiger partial charge in [-0.05, 0) is 185 Å². The fourth-order valence-electron chi connectivity index (χ4n) is 16.4. The highest BCUT2D eigenvalue weighted by Gasteiger charge is 2.50. The molecule has 4 fully saturated rings. The standard InChI is InChI=1S/C25H32N6S.C24H27FN6S.C24H31N7S/c1-15-13-31-14-17(8-21(31)16(2)27-15)19-9-22-20(12-26-19)28-23(32-22)30(7)18-10-24(3,4)29-25(5,6)11-18;1-23-5-6-24(2,29-23)11-16(10-23)31(4)22-27-19-12-26-18(9-20(19)32-22)14-7-15-13-30(3)28-21(15)17(25)8-14;1-14-12-31-13-19(27-21(31)15(2)26-14)17-8-20-18(11-25-17)28-22(32-20)30(7)16-9-23(3,4)29-24(5,6)10-16/h8-9,12-14,18,29H,10-11H2,1-7H3;7-9,12-13,16,29H,5-6,10-11H2,1-4H3;8,11-13,16,29H,9-10H2,1-7H3. The average Bonchev–Trinajstić information content (AvgIpc) is 1.55. The number of nitrogens with one attached hydrogen (secondary N) is 3. The molecule has 502 valence electrons. The second kappa shape index (κ2) is 23.8. The maximum Gasteiger partial charge on any atom is 0.186 e. The number of aryl methyl sites for hydroxylation is 5. The van der Waals surface area contributed by atoms with E-state index in [9.17, 15) is 4.39 Å². The van der Waals surface area contributed by atoms with Gasteiger partial charge >= 0.3 is 0 Å². The number of aromatic nitrogens is 13. The summed E-state index contributed by atoms with van der Waals surface area (Å²) in [5, 5.41) is 19.5. The molecular weight excluding hydrogens is 1260 g/mol. The molecule has 1 aromatic carbocycles. The summed E-state index contributed by atoms with van der Waals surface area (Å²) in [6, 6.07) is 13.3. The molecule has 15 heterocycles. The number of fused-ring (bicyclic) bond motifs is 8. The molecule has 3 N–H and O–H groups in total. The van der Waals surface area contributed by atoms with E-state index in [1.807, 2.05) is 68.3 Å². The summed E-state index contributed by atoms with van der Waals surface area (Å²) < 4.78 is 23.8. The van der Waals surface area contributed by atoms with Crippen LogP contribution in [0.5, 0.6) is 0 Å². The van der Waals surface area contributed by atoms with Gasteiger partial charge in [-0.1, -0.05) is 34.0 Å². The highest BCUT2D eigenvalue weighted by molar-refractivity contribution is 7.23. The molecule has 4 aliphatic rings. The van der Waals surface area contributed by atoms with E-state index in [4.69, 9.17) is 24.9 Å². The predicted molar refractivity (Wildman–Crippen MR) is 393 cm³/mol. The molecule has 23 heteroatoms. The van der Waals surface area contributed by atoms with Crippen LogP contribution in [0.15, 0.2) is 86.0 Å². The van der Waals surface area contributed by atoms with Gasteiger partial charge in [0.15, 0.2) is 26.9 Å². The van der Waals surface area contributed by atoms with Crippen LogP contribution in [0.4, 0.5) is 19.8 Å². The van der Waals surface area contributed by atoms with Gasteiger partial charge in [0.1, 0.15) is 27.8 Å². The zero-order valence-electron chi connectivity index (χ0n) is 58.7. The highest BCUT2D eigenvalue weighted by atomic mass is 32.1. The van der Waals surface area contributed by atoms with E-state index in [0.717, 1.165) is 153 Å². The van der Waals surface area contributed by atoms with Crippen molar-refractivity contribution in [1.82, 2.24) is 79.4 Å². The van der Waals surface area contributed by atoms with Crippen molar-refractivity contribution in [2.75, 3.05) is 35.8 Å². The molecular formula is C73H90FN19S3. The number of pyridine rings is 3. The lowest BCUT2D eigenvalue weighted by Gasteiger charge is -2.49. The number of rotatable bonds is 9. The minimum absolute atomic E-state index is 0.0978. The summed E-state index contributed by atoms with van der Waals surface area (Å²) in [5.41, 5.74) is 15.2. The first kappa shape index (κ1) is 65.6. The van der Waals surface area contributed by atoms with Crippen molar-refractivity contribution in [2.45, 2.75) is 200 Å². The number of thiazole rings is 3. The molecule has 12 aromatic rings. The van der Waals surface area contributed by atoms with E-state index in [-0.39, 0.29) is 39.1 Å². The number of nitrogens with zero attached hydrogens (tertiary/aromatic N) is 16. The zero-order valence-corrected chi connectivity index (χ0v) is 61.2. The monoisotopic (exact) mass is 1350 g/mol. The van der Waals surface area contributed by atoms with Gasteiger partial charge in [-0.15, -0.1) is 0 Å². The van der Waals surface area contributed by atoms with Crippen LogP contribution in [0.3, 0.4) is 0 Å². The minimum atomic E-state index is -0.327. The van der Waals surface area contributed by atoms with Gasteiger partial charge in [0.2, 0.25) is 0 Å². The Balaban J connectivity index is 0.000000124. The van der Waals surface area contributed by atoms with Gasteiger partial charge in [0.05, 0.1) is 78.1 Å². The van der Waals surface area contributed by atoms with Crippen molar-refractivity contribution in [2.24, 2.45) is 7.05 Å². The quantitative estimate of drug-likeness (QED) is 0.124. The molecule has 96 heavy (non-hydrogen) atoms. The molecule has 4 aliphatic heterocycles. The summed E-state index contributed by atoms with van der Waals surface area (Å²) in [5.74, 6) is -0.327. The van der Waals surface area contributed by atoms with Gasteiger partial charge in [0, 0.05) is 127 Å². The summed E-state index contributed by atoms with van der Waals surface area (Å²) in [6.07, 6.45) is 24.7. The molecule has 16 rings (SSSR count). The van der Waals surface area contributed by atoms with Crippen LogP contribution < -0.4 is 30.7 Å². The largest absolute Gasteiger partial charge is 0.348 e. The predicted octanol–water partition coefficient (Wildman–Crippen LogP) is 15.0. The van der Waals surface area contributed by atoms with Crippen LogP contribution in [-0.4, -0.2) is 136 Å². The number of benzene rings is 1. The molecule has 0 radical (unpaired) electrons. The average molecular weight is 1350 g/mol. The normalized spacial score (nSPS) is 21.5. The van der Waals surface area contributed by atoms with E-state index in [0.29, 0.717) is 23.6 Å². The molecule has 2 bridgehead atoms. The second-order valence-electron chi connectivity index (χ2n) is 31.2. The Morgan fingerprint density at radius 1 is 0.469 bits per heavy atom. The minimum Gasteiger partial charge on any atom is -0.348 e. The lowest BCUT2D eigenvalue weighted by molar-refractivity contribution is 0.160. The fourth-order valence-corrected chi connectivity index (χ4v) is 19.4. The summed E-state index contributed by atoms with van der Waals surface area (Å²) >= 11 is 5.17. The van der Waals surface area contributed by atoms with Crippen molar-refractivity contribution in [3.05, 3.63) is 115 Å². The van der Waals surface area contributed by atoms with E-state index < -0.39 is 0 Å². The van der Waals surface area contributed by atoms with Crippen LogP contribution in [0.25, 0.3) is 86.6 Å². The Hall–Kier alpha value is -7.67. The highest BCUT2D eigenvalue weighted by Crippen LogP contribution is 2.46. The van der Waals surface area contributed by atoms with Gasteiger partial charge in [-0.2, -0.15) is 5.10 Å². The lowest BCUT2D eigenvalue weighted by atomic mass is 9.79. The Bertz CT molecular complexity index is 4720. The first-order valence-corrected chi connectivity index (χ1v) is 35.9. The van der Waals surface area contributed by atoms with Crippen molar-refractivity contribution in [1.29, 1.82) is 0 Å². The Morgan fingerprint density at radius 3 is 1.43 bits per heavy atom. The fraction of sp³-hybridized carbons (Fsp3) is 0.479. The maximum atomic E-state index is 14.6. The molecule has 0 amide bonds. The van der Waals surface area contributed by atoms with Crippen LogP contribution in [-0.2, 0) is 7.05 Å². The molecule has 0 saturated carbocycles. The van der Waals surface area contributed by atoms with Crippen LogP contribution in [0, 0.1) is 33.5 Å². The Morgan fingerprint density at radius 2 is 0.917 bits per heavy atom. The first-order valence-electron chi connectivity index (χ1n) is 33.5. The molecule has 11 aromatic heterocycles. The van der Waals surface area contributed by atoms with E-state index in [2.05, 4.69) is 188 Å². The Kier molecular flexibility index (Phi) is 16.3.